The number of quaternary nitrogens is 1. The number of carbonyl (C=O) groups excluding carboxylic acids is 2. The summed E-state index contributed by atoms with van der Waals surface area (Å²) in [7, 11) is 2.51. The van der Waals surface area contributed by atoms with Crippen molar-refractivity contribution in [3.63, 3.8) is 0 Å². The third-order valence-corrected chi connectivity index (χ3v) is 4.28. The van der Waals surface area contributed by atoms with Crippen LogP contribution >= 0.6 is 0 Å². The number of ether oxygens (including phenoxy) is 2. The Balaban J connectivity index is 2.13. The molecule has 120 valence electrons. The Morgan fingerprint density at radius 3 is 2.05 bits per heavy atom. The van der Waals surface area contributed by atoms with Crippen LogP contribution in [0.2, 0.25) is 0 Å². The van der Waals surface area contributed by atoms with Crippen molar-refractivity contribution in [2.24, 2.45) is 0 Å². The Morgan fingerprint density at radius 2 is 1.52 bits per heavy atom. The van der Waals surface area contributed by atoms with Crippen LogP contribution < -0.4 is 4.90 Å². The van der Waals surface area contributed by atoms with Crippen molar-refractivity contribution in [1.82, 2.24) is 10.0 Å². The molecule has 0 aliphatic carbocycles. The molecule has 0 bridgehead atoms. The number of β-amino-alcohol motifs (C(OH)–C–C–N with tert-alkyl or cyclic N) is 1. The summed E-state index contributed by atoms with van der Waals surface area (Å²) in [4.78, 5) is 24.9. The number of nitrogens with one attached hydrogen (secondary N) is 1. The van der Waals surface area contributed by atoms with Crippen LogP contribution in [0.3, 0.4) is 0 Å². The highest BCUT2D eigenvalue weighted by Gasteiger charge is 2.44. The van der Waals surface area contributed by atoms with Gasteiger partial charge in [-0.3, -0.25) is 0 Å². The summed E-state index contributed by atoms with van der Waals surface area (Å²) in [5.74, 6) is 0. The Labute approximate surface area is 124 Å². The molecule has 2 heterocycles. The predicted molar refractivity (Wildman–Crippen MR) is 72.6 cm³/mol. The maximum absolute atomic E-state index is 11.9. The summed E-state index contributed by atoms with van der Waals surface area (Å²) in [5, 5.41) is 12.7. The number of likely N-dealkylation sites (tertiary alicyclic amines) is 1. The van der Waals surface area contributed by atoms with Crippen LogP contribution in [-0.4, -0.2) is 79.9 Å². The van der Waals surface area contributed by atoms with E-state index in [-0.39, 0.29) is 19.1 Å². The van der Waals surface area contributed by atoms with Crippen molar-refractivity contribution in [2.45, 2.75) is 31.4 Å². The molecule has 0 aromatic rings. The topological polar surface area (TPSA) is 83.8 Å². The minimum Gasteiger partial charge on any atom is -0.452 e. The smallest absolute Gasteiger partial charge is 0.428 e. The predicted octanol–water partition coefficient (Wildman–Crippen LogP) is -1.15. The lowest BCUT2D eigenvalue weighted by atomic mass is 10.0. The van der Waals surface area contributed by atoms with Crippen molar-refractivity contribution >= 4 is 12.2 Å². The molecule has 0 unspecified atom stereocenters. The molecule has 2 fully saturated rings. The van der Waals surface area contributed by atoms with Gasteiger partial charge in [0.25, 0.3) is 0 Å². The molecule has 2 atom stereocenters. The maximum atomic E-state index is 11.9. The summed E-state index contributed by atoms with van der Waals surface area (Å²) in [6.45, 7) is 2.25. The molecule has 21 heavy (non-hydrogen) atoms. The van der Waals surface area contributed by atoms with Crippen molar-refractivity contribution < 1.29 is 29.1 Å². The number of hydrogen-bond donors (Lipinski definition) is 2. The van der Waals surface area contributed by atoms with E-state index in [9.17, 15) is 14.7 Å². The fourth-order valence-corrected chi connectivity index (χ4v) is 3.14. The van der Waals surface area contributed by atoms with Crippen molar-refractivity contribution in [2.75, 3.05) is 40.4 Å². The Hall–Kier alpha value is -1.54. The molecule has 2 N–H and O–H groups in total. The standard InChI is InChI=1S/C13H23N3O5/c1-20-12(18)15-8-10(14-6-4-3-5-7-14)11(17)9-16(15)13(19)21-2/h10-11,17H,3-9H2,1-2H3/p+1/t10-,11-/m1/s1. The summed E-state index contributed by atoms with van der Waals surface area (Å²) in [6, 6.07) is -0.106. The number of methoxy groups -OCH3 is 2. The van der Waals surface area contributed by atoms with Crippen LogP contribution in [0, 0.1) is 0 Å². The molecule has 2 aliphatic rings. The lowest BCUT2D eigenvalue weighted by molar-refractivity contribution is -0.934. The fourth-order valence-electron chi connectivity index (χ4n) is 3.14. The largest absolute Gasteiger partial charge is 0.452 e. The van der Waals surface area contributed by atoms with Gasteiger partial charge in [-0.25, -0.2) is 19.6 Å². The number of hydrogen-bond acceptors (Lipinski definition) is 5. The molecule has 0 spiro atoms. The zero-order chi connectivity index (χ0) is 15.4. The minimum atomic E-state index is -0.682. The molecule has 8 heteroatoms. The summed E-state index contributed by atoms with van der Waals surface area (Å²) in [5.41, 5.74) is 0. The van der Waals surface area contributed by atoms with Gasteiger partial charge >= 0.3 is 12.2 Å². The lowest BCUT2D eigenvalue weighted by Gasteiger charge is -2.44. The van der Waals surface area contributed by atoms with Gasteiger partial charge in [0.15, 0.2) is 0 Å². The number of aliphatic hydroxyl groups is 1. The van der Waals surface area contributed by atoms with Gasteiger partial charge in [0.2, 0.25) is 0 Å². The van der Waals surface area contributed by atoms with E-state index < -0.39 is 18.3 Å². The Bertz CT molecular complexity index is 386. The fraction of sp³-hybridized carbons (Fsp3) is 0.846. The van der Waals surface area contributed by atoms with Gasteiger partial charge in [-0.2, -0.15) is 0 Å². The molecule has 8 nitrogen and oxygen atoms in total. The normalized spacial score (nSPS) is 27.4. The third kappa shape index (κ3) is 3.38. The maximum Gasteiger partial charge on any atom is 0.428 e. The number of rotatable bonds is 1. The molecule has 2 aliphatic heterocycles. The molecule has 2 amide bonds. The van der Waals surface area contributed by atoms with Gasteiger partial charge in [-0.05, 0) is 19.3 Å². The highest BCUT2D eigenvalue weighted by atomic mass is 16.6. The zero-order valence-electron chi connectivity index (χ0n) is 12.6. The number of amides is 2. The molecular formula is C13H24N3O5+. The molecule has 0 aromatic heterocycles. The number of nitrogens with zero attached hydrogens (tertiary/aromatic N) is 2. The average molecular weight is 302 g/mol. The van der Waals surface area contributed by atoms with Gasteiger partial charge in [0.1, 0.15) is 18.7 Å². The van der Waals surface area contributed by atoms with E-state index in [1.807, 2.05) is 0 Å². The summed E-state index contributed by atoms with van der Waals surface area (Å²) < 4.78 is 9.40. The first-order valence-corrected chi connectivity index (χ1v) is 7.32. The lowest BCUT2D eigenvalue weighted by Crippen LogP contribution is -3.19. The average Bonchev–Trinajstić information content (AvgIpc) is 2.53. The van der Waals surface area contributed by atoms with E-state index in [1.165, 1.54) is 30.5 Å². The van der Waals surface area contributed by atoms with Gasteiger partial charge in [-0.15, -0.1) is 0 Å². The SMILES string of the molecule is COC(=O)N1C[C@@H](O)[C@H]([NH+]2CCCCC2)CN1C(=O)OC. The zero-order valence-corrected chi connectivity index (χ0v) is 12.6. The van der Waals surface area contributed by atoms with E-state index >= 15 is 0 Å². The summed E-state index contributed by atoms with van der Waals surface area (Å²) >= 11 is 0. The van der Waals surface area contributed by atoms with E-state index in [0.29, 0.717) is 0 Å². The van der Waals surface area contributed by atoms with Crippen molar-refractivity contribution in [3.05, 3.63) is 0 Å². The van der Waals surface area contributed by atoms with Crippen molar-refractivity contribution in [1.29, 1.82) is 0 Å². The van der Waals surface area contributed by atoms with Crippen LogP contribution in [0.5, 0.6) is 0 Å². The number of carbonyl (C=O) groups is 2. The molecule has 2 rings (SSSR count). The van der Waals surface area contributed by atoms with Gasteiger partial charge in [0.05, 0.1) is 33.9 Å². The van der Waals surface area contributed by atoms with E-state index in [2.05, 4.69) is 4.74 Å². The molecule has 2 saturated heterocycles. The van der Waals surface area contributed by atoms with Crippen molar-refractivity contribution in [3.8, 4) is 0 Å². The second-order valence-electron chi connectivity index (χ2n) is 5.50. The van der Waals surface area contributed by atoms with Gasteiger partial charge in [-0.1, -0.05) is 0 Å². The van der Waals surface area contributed by atoms with E-state index in [1.54, 1.807) is 0 Å². The monoisotopic (exact) mass is 302 g/mol. The van der Waals surface area contributed by atoms with Crippen LogP contribution in [0.25, 0.3) is 0 Å². The van der Waals surface area contributed by atoms with E-state index in [4.69, 9.17) is 4.74 Å². The van der Waals surface area contributed by atoms with Gasteiger partial charge in [0, 0.05) is 0 Å². The molecule has 0 saturated carbocycles. The summed E-state index contributed by atoms with van der Waals surface area (Å²) in [6.07, 6.45) is 1.48. The van der Waals surface area contributed by atoms with Crippen LogP contribution in [0.15, 0.2) is 0 Å². The second-order valence-corrected chi connectivity index (χ2v) is 5.50. The molecular weight excluding hydrogens is 278 g/mol. The highest BCUT2D eigenvalue weighted by Crippen LogP contribution is 2.14. The highest BCUT2D eigenvalue weighted by molar-refractivity contribution is 5.74. The van der Waals surface area contributed by atoms with Gasteiger partial charge < -0.3 is 19.5 Å². The Kier molecular flexibility index (Phi) is 5.24. The molecule has 0 aromatic carbocycles. The first-order valence-electron chi connectivity index (χ1n) is 7.32. The number of aliphatic hydroxyl groups excluding tert-OH is 1. The number of piperidine rings is 1. The minimum absolute atomic E-state index is 0.0376. The third-order valence-electron chi connectivity index (χ3n) is 4.28. The number of hydrazine groups is 1. The Morgan fingerprint density at radius 1 is 1.00 bits per heavy atom. The van der Waals surface area contributed by atoms with Crippen LogP contribution in [0.1, 0.15) is 19.3 Å². The van der Waals surface area contributed by atoms with Crippen LogP contribution in [-0.2, 0) is 9.47 Å². The first-order chi connectivity index (χ1) is 10.1. The molecule has 0 radical (unpaired) electrons. The second kappa shape index (κ2) is 6.95. The van der Waals surface area contributed by atoms with Crippen LogP contribution in [0.4, 0.5) is 9.59 Å². The quantitative estimate of drug-likeness (QED) is 0.639. The van der Waals surface area contributed by atoms with E-state index in [0.717, 1.165) is 30.9 Å². The first kappa shape index (κ1) is 15.8.